The van der Waals surface area contributed by atoms with Gasteiger partial charge in [0.1, 0.15) is 0 Å². The van der Waals surface area contributed by atoms with Gasteiger partial charge in [-0.1, -0.05) is 141 Å². The van der Waals surface area contributed by atoms with Gasteiger partial charge in [0.05, 0.1) is 19.0 Å². The highest BCUT2D eigenvalue weighted by atomic mass is 32.9. The number of rotatable bonds is 29. The molecule has 9 heteroatoms. The van der Waals surface area contributed by atoms with Crippen LogP contribution in [0.1, 0.15) is 149 Å². The maximum absolute atomic E-state index is 11.0. The average Bonchev–Trinajstić information content (AvgIpc) is 2.83. The monoisotopic (exact) mass is 588 g/mol. The Bertz CT molecular complexity index is 587. The molecule has 36 heavy (non-hydrogen) atoms. The van der Waals surface area contributed by atoms with E-state index in [0.717, 1.165) is 25.7 Å². The molecule has 218 valence electrons. The fourth-order valence-electron chi connectivity index (χ4n) is 4.06. The summed E-state index contributed by atoms with van der Waals surface area (Å²) in [5.74, 6) is 0.277. The summed E-state index contributed by atoms with van der Waals surface area (Å²) in [4.78, 5) is 0. The second-order valence-corrected chi connectivity index (χ2v) is 18.0. The lowest BCUT2D eigenvalue weighted by atomic mass is 10.1. The van der Waals surface area contributed by atoms with Gasteiger partial charge in [0.15, 0.2) is 0 Å². The van der Waals surface area contributed by atoms with Crippen molar-refractivity contribution in [1.29, 1.82) is 0 Å². The van der Waals surface area contributed by atoms with Crippen LogP contribution in [0.5, 0.6) is 0 Å². The molecule has 0 aromatic heterocycles. The summed E-state index contributed by atoms with van der Waals surface area (Å²) in [5, 5.41) is 0. The summed E-state index contributed by atoms with van der Waals surface area (Å²) in [5.41, 5.74) is -2.48. The van der Waals surface area contributed by atoms with Crippen LogP contribution >= 0.6 is 17.1 Å². The van der Waals surface area contributed by atoms with Crippen LogP contribution in [-0.4, -0.2) is 37.7 Å². The standard InChI is InChI=1S/C27H57O5PS3/c1-3-5-7-9-11-13-15-17-19-21-24-31-33(34,35-26-23-27-36(28,29)30)32-25-22-20-18-16-14-12-10-8-6-4-2/h3-27H2,1-2H3,(H,28,29,30). The average molecular weight is 589 g/mol. The topological polar surface area (TPSA) is 72.8 Å². The SMILES string of the molecule is CCCCCCCCCCCCOP(=S)(OCCCCCCCCCCCC)SCCCS(=O)(=O)O. The summed E-state index contributed by atoms with van der Waals surface area (Å²) >= 11 is 7.20. The van der Waals surface area contributed by atoms with Crippen molar-refractivity contribution in [3.63, 3.8) is 0 Å². The molecule has 1 N–H and O–H groups in total. The van der Waals surface area contributed by atoms with E-state index < -0.39 is 15.8 Å². The van der Waals surface area contributed by atoms with Gasteiger partial charge in [-0.2, -0.15) is 8.42 Å². The van der Waals surface area contributed by atoms with Crippen LogP contribution in [0.2, 0.25) is 0 Å². The molecular formula is C27H57O5PS3. The van der Waals surface area contributed by atoms with Crippen LogP contribution in [0.25, 0.3) is 0 Å². The molecule has 0 heterocycles. The molecule has 0 amide bonds. The number of hydrogen-bond acceptors (Lipinski definition) is 6. The Morgan fingerprint density at radius 2 is 0.944 bits per heavy atom. The normalized spacial score (nSPS) is 12.4. The Morgan fingerprint density at radius 1 is 0.611 bits per heavy atom. The first-order valence-corrected chi connectivity index (χ1v) is 20.7. The van der Waals surface area contributed by atoms with Crippen molar-refractivity contribution < 1.29 is 22.0 Å². The number of hydrogen-bond donors (Lipinski definition) is 1. The minimum atomic E-state index is -3.94. The van der Waals surface area contributed by atoms with Crippen molar-refractivity contribution in [3.05, 3.63) is 0 Å². The molecule has 0 unspecified atom stereocenters. The van der Waals surface area contributed by atoms with Crippen molar-refractivity contribution in [2.45, 2.75) is 149 Å². The maximum Gasteiger partial charge on any atom is 0.264 e. The van der Waals surface area contributed by atoms with Crippen molar-refractivity contribution in [1.82, 2.24) is 0 Å². The summed E-state index contributed by atoms with van der Waals surface area (Å²) in [7, 11) is -3.94. The van der Waals surface area contributed by atoms with E-state index in [1.54, 1.807) is 0 Å². The van der Waals surface area contributed by atoms with Crippen LogP contribution in [0, 0.1) is 0 Å². The first-order chi connectivity index (χ1) is 17.3. The molecule has 0 spiro atoms. The smallest absolute Gasteiger partial charge is 0.264 e. The largest absolute Gasteiger partial charge is 0.322 e. The third-order valence-corrected chi connectivity index (χ3v) is 12.6. The summed E-state index contributed by atoms with van der Waals surface area (Å²) in [6.07, 6.45) is 25.8. The van der Waals surface area contributed by atoms with E-state index in [-0.39, 0.29) is 5.75 Å². The van der Waals surface area contributed by atoms with Gasteiger partial charge in [0.25, 0.3) is 10.1 Å². The highest BCUT2D eigenvalue weighted by Gasteiger charge is 2.20. The maximum atomic E-state index is 11.0. The lowest BCUT2D eigenvalue weighted by Crippen LogP contribution is -2.05. The zero-order chi connectivity index (χ0) is 26.8. The molecule has 0 aliphatic rings. The molecule has 5 nitrogen and oxygen atoms in total. The van der Waals surface area contributed by atoms with E-state index in [9.17, 15) is 8.42 Å². The third kappa shape index (κ3) is 27.9. The number of unbranched alkanes of at least 4 members (excludes halogenated alkanes) is 18. The predicted molar refractivity (Wildman–Crippen MR) is 163 cm³/mol. The molecule has 0 aliphatic heterocycles. The molecule has 0 radical (unpaired) electrons. The Hall–Kier alpha value is 0.830. The Morgan fingerprint density at radius 3 is 1.28 bits per heavy atom. The van der Waals surface area contributed by atoms with E-state index in [1.165, 1.54) is 114 Å². The second-order valence-electron chi connectivity index (χ2n) is 9.95. The van der Waals surface area contributed by atoms with Gasteiger partial charge in [0.2, 0.25) is 5.69 Å². The molecule has 0 aromatic rings. The first kappa shape index (κ1) is 36.8. The van der Waals surface area contributed by atoms with Gasteiger partial charge in [0, 0.05) is 5.75 Å². The van der Waals surface area contributed by atoms with Crippen LogP contribution in [0.3, 0.4) is 0 Å². The van der Waals surface area contributed by atoms with E-state index >= 15 is 0 Å². The zero-order valence-corrected chi connectivity index (χ0v) is 26.8. The molecule has 0 rings (SSSR count). The summed E-state index contributed by atoms with van der Waals surface area (Å²) < 4.78 is 43.1. The van der Waals surface area contributed by atoms with Crippen LogP contribution in [0.15, 0.2) is 0 Å². The van der Waals surface area contributed by atoms with Crippen molar-refractivity contribution in [2.24, 2.45) is 0 Å². The minimum absolute atomic E-state index is 0.244. The lowest BCUT2D eigenvalue weighted by Gasteiger charge is -2.21. The Kier molecular flexibility index (Phi) is 26.7. The second kappa shape index (κ2) is 26.1. The summed E-state index contributed by atoms with van der Waals surface area (Å²) in [6.45, 7) is 5.72. The van der Waals surface area contributed by atoms with E-state index in [1.807, 2.05) is 0 Å². The van der Waals surface area contributed by atoms with Crippen LogP contribution < -0.4 is 0 Å². The summed E-state index contributed by atoms with van der Waals surface area (Å²) in [6, 6.07) is 0. The van der Waals surface area contributed by atoms with Crippen molar-refractivity contribution in [3.8, 4) is 0 Å². The quantitative estimate of drug-likeness (QED) is 0.0529. The first-order valence-electron chi connectivity index (χ1n) is 14.8. The minimum Gasteiger partial charge on any atom is -0.322 e. The molecule has 0 saturated carbocycles. The van der Waals surface area contributed by atoms with Gasteiger partial charge >= 0.3 is 0 Å². The fourth-order valence-corrected chi connectivity index (χ4v) is 9.25. The molecule has 0 aromatic carbocycles. The lowest BCUT2D eigenvalue weighted by molar-refractivity contribution is 0.249. The molecule has 0 bridgehead atoms. The van der Waals surface area contributed by atoms with Gasteiger partial charge in [-0.25, -0.2) is 0 Å². The molecule has 0 aliphatic carbocycles. The zero-order valence-electron chi connectivity index (χ0n) is 23.4. The highest BCUT2D eigenvalue weighted by Crippen LogP contribution is 2.61. The van der Waals surface area contributed by atoms with E-state index in [2.05, 4.69) is 13.8 Å². The van der Waals surface area contributed by atoms with Gasteiger partial charge in [-0.05, 0) is 31.1 Å². The predicted octanol–water partition coefficient (Wildman–Crippen LogP) is 10.1. The highest BCUT2D eigenvalue weighted by molar-refractivity contribution is 8.67. The van der Waals surface area contributed by atoms with Crippen LogP contribution in [0.4, 0.5) is 0 Å². The third-order valence-electron chi connectivity index (χ3n) is 6.29. The van der Waals surface area contributed by atoms with E-state index in [0.29, 0.717) is 25.4 Å². The molecular weight excluding hydrogens is 531 g/mol. The van der Waals surface area contributed by atoms with Crippen LogP contribution in [-0.2, 0) is 31.0 Å². The molecule has 0 atom stereocenters. The fraction of sp³-hybridized carbons (Fsp3) is 1.00. The Labute approximate surface area is 233 Å². The van der Waals surface area contributed by atoms with Gasteiger partial charge in [-0.3, -0.25) is 4.55 Å². The Balaban J connectivity index is 4.06. The van der Waals surface area contributed by atoms with Gasteiger partial charge < -0.3 is 9.05 Å². The molecule has 0 fully saturated rings. The van der Waals surface area contributed by atoms with Crippen molar-refractivity contribution >= 4 is 39.0 Å². The molecule has 0 saturated heterocycles. The van der Waals surface area contributed by atoms with E-state index in [4.69, 9.17) is 25.4 Å². The van der Waals surface area contributed by atoms with Gasteiger partial charge in [-0.15, -0.1) is 0 Å². The van der Waals surface area contributed by atoms with Crippen molar-refractivity contribution in [2.75, 3.05) is 24.7 Å².